The number of nitrogens with one attached hydrogen (secondary N) is 1. The monoisotopic (exact) mass is 277 g/mol. The third kappa shape index (κ3) is 1.81. The van der Waals surface area contributed by atoms with Crippen molar-refractivity contribution in [2.24, 2.45) is 17.8 Å². The van der Waals surface area contributed by atoms with E-state index in [-0.39, 0.29) is 11.8 Å². The molecule has 5 rings (SSSR count). The fourth-order valence-electron chi connectivity index (χ4n) is 4.14. The van der Waals surface area contributed by atoms with Gasteiger partial charge in [0.25, 0.3) is 0 Å². The highest BCUT2D eigenvalue weighted by Crippen LogP contribution is 2.54. The van der Waals surface area contributed by atoms with Crippen LogP contribution < -0.4 is 5.32 Å². The Morgan fingerprint density at radius 2 is 1.86 bits per heavy atom. The fourth-order valence-corrected chi connectivity index (χ4v) is 4.14. The van der Waals surface area contributed by atoms with Gasteiger partial charge in [-0.05, 0) is 66.5 Å². The quantitative estimate of drug-likeness (QED) is 0.905. The van der Waals surface area contributed by atoms with Crippen LogP contribution in [0.15, 0.2) is 30.3 Å². The van der Waals surface area contributed by atoms with E-state index in [4.69, 9.17) is 0 Å². The van der Waals surface area contributed by atoms with Crippen LogP contribution in [0.4, 0.5) is 5.69 Å². The maximum atomic E-state index is 12.4. The van der Waals surface area contributed by atoms with Crippen LogP contribution in [0.5, 0.6) is 0 Å². The first kappa shape index (κ1) is 11.8. The Bertz CT molecular complexity index is 749. The standard InChI is InChI=1S/C19H19NO/c21-19(16-10-15(16)11-4-5-11)20-17-9-8-13-7-6-12-2-1-3-14(17)18(12)13/h1-3,8-9,11,15-16H,4-7,10H2,(H,20,21)/t15-,16-/m0/s1. The Labute approximate surface area is 124 Å². The van der Waals surface area contributed by atoms with Crippen molar-refractivity contribution < 1.29 is 4.79 Å². The maximum Gasteiger partial charge on any atom is 0.227 e. The summed E-state index contributed by atoms with van der Waals surface area (Å²) in [5.74, 6) is 2.06. The molecule has 2 aromatic rings. The van der Waals surface area contributed by atoms with Gasteiger partial charge in [0.15, 0.2) is 0 Å². The summed E-state index contributed by atoms with van der Waals surface area (Å²) in [6.07, 6.45) is 6.07. The molecule has 21 heavy (non-hydrogen) atoms. The first-order valence-corrected chi connectivity index (χ1v) is 8.15. The Morgan fingerprint density at radius 1 is 1.05 bits per heavy atom. The lowest BCUT2D eigenvalue weighted by Crippen LogP contribution is -2.15. The zero-order valence-electron chi connectivity index (χ0n) is 12.1. The van der Waals surface area contributed by atoms with E-state index in [1.165, 1.54) is 34.7 Å². The average Bonchev–Trinajstić information content (AvgIpc) is 3.38. The molecule has 0 heterocycles. The van der Waals surface area contributed by atoms with Crippen LogP contribution in [0.2, 0.25) is 0 Å². The molecule has 2 nitrogen and oxygen atoms in total. The van der Waals surface area contributed by atoms with Gasteiger partial charge in [0.1, 0.15) is 0 Å². The van der Waals surface area contributed by atoms with E-state index in [1.54, 1.807) is 0 Å². The Balaban J connectivity index is 1.47. The van der Waals surface area contributed by atoms with Crippen LogP contribution in [-0.2, 0) is 17.6 Å². The van der Waals surface area contributed by atoms with Crippen molar-refractivity contribution in [2.45, 2.75) is 32.1 Å². The minimum atomic E-state index is 0.241. The second kappa shape index (κ2) is 4.09. The van der Waals surface area contributed by atoms with Gasteiger partial charge in [0.05, 0.1) is 0 Å². The third-order valence-electron chi connectivity index (χ3n) is 5.54. The zero-order valence-corrected chi connectivity index (χ0v) is 12.1. The lowest BCUT2D eigenvalue weighted by Gasteiger charge is -2.10. The molecule has 0 spiro atoms. The van der Waals surface area contributed by atoms with Gasteiger partial charge < -0.3 is 5.32 Å². The van der Waals surface area contributed by atoms with Crippen LogP contribution in [0, 0.1) is 17.8 Å². The van der Waals surface area contributed by atoms with Crippen molar-refractivity contribution in [2.75, 3.05) is 5.32 Å². The molecular weight excluding hydrogens is 258 g/mol. The highest BCUT2D eigenvalue weighted by atomic mass is 16.2. The van der Waals surface area contributed by atoms with Gasteiger partial charge in [-0.1, -0.05) is 24.3 Å². The maximum absolute atomic E-state index is 12.4. The van der Waals surface area contributed by atoms with E-state index in [9.17, 15) is 4.79 Å². The number of hydrogen-bond donors (Lipinski definition) is 1. The summed E-state index contributed by atoms with van der Waals surface area (Å²) in [5, 5.41) is 5.80. The average molecular weight is 277 g/mol. The molecule has 0 unspecified atom stereocenters. The van der Waals surface area contributed by atoms with E-state index < -0.39 is 0 Å². The van der Waals surface area contributed by atoms with Crippen LogP contribution in [-0.4, -0.2) is 5.91 Å². The number of amides is 1. The number of benzene rings is 2. The van der Waals surface area contributed by atoms with Gasteiger partial charge in [-0.25, -0.2) is 0 Å². The van der Waals surface area contributed by atoms with Gasteiger partial charge in [-0.3, -0.25) is 4.79 Å². The third-order valence-corrected chi connectivity index (χ3v) is 5.54. The van der Waals surface area contributed by atoms with Crippen molar-refractivity contribution >= 4 is 22.4 Å². The number of carbonyl (C=O) groups is 1. The van der Waals surface area contributed by atoms with Gasteiger partial charge in [0.2, 0.25) is 5.91 Å². The second-order valence-electron chi connectivity index (χ2n) is 6.94. The summed E-state index contributed by atoms with van der Waals surface area (Å²) in [6, 6.07) is 10.8. The van der Waals surface area contributed by atoms with Crippen LogP contribution in [0.25, 0.3) is 10.8 Å². The summed E-state index contributed by atoms with van der Waals surface area (Å²) >= 11 is 0. The van der Waals surface area contributed by atoms with Crippen LogP contribution in [0.3, 0.4) is 0 Å². The molecule has 3 aliphatic rings. The summed E-state index contributed by atoms with van der Waals surface area (Å²) in [6.45, 7) is 0. The molecule has 2 saturated carbocycles. The SMILES string of the molecule is O=C(Nc1ccc2c3c(cccc13)CC2)[C@H]1C[C@H]1C1CC1. The first-order chi connectivity index (χ1) is 10.3. The highest BCUT2D eigenvalue weighted by molar-refractivity contribution is 6.06. The summed E-state index contributed by atoms with van der Waals surface area (Å²) in [4.78, 5) is 12.4. The van der Waals surface area contributed by atoms with Crippen LogP contribution in [0.1, 0.15) is 30.4 Å². The number of rotatable bonds is 3. The molecule has 106 valence electrons. The van der Waals surface area contributed by atoms with E-state index in [0.29, 0.717) is 5.92 Å². The van der Waals surface area contributed by atoms with Crippen molar-refractivity contribution in [3.05, 3.63) is 41.5 Å². The van der Waals surface area contributed by atoms with Crippen molar-refractivity contribution in [1.82, 2.24) is 0 Å². The van der Waals surface area contributed by atoms with E-state index in [1.807, 2.05) is 0 Å². The number of hydrogen-bond acceptors (Lipinski definition) is 1. The highest BCUT2D eigenvalue weighted by Gasteiger charge is 2.51. The van der Waals surface area contributed by atoms with Gasteiger partial charge in [0, 0.05) is 17.0 Å². The molecule has 0 aromatic heterocycles. The topological polar surface area (TPSA) is 29.1 Å². The molecule has 2 heteroatoms. The zero-order chi connectivity index (χ0) is 14.0. The molecule has 0 saturated heterocycles. The minimum absolute atomic E-state index is 0.241. The number of anilines is 1. The number of aryl methyl sites for hydroxylation is 2. The molecule has 2 atom stereocenters. The van der Waals surface area contributed by atoms with E-state index >= 15 is 0 Å². The second-order valence-corrected chi connectivity index (χ2v) is 6.94. The molecule has 1 amide bonds. The van der Waals surface area contributed by atoms with Crippen LogP contribution >= 0.6 is 0 Å². The summed E-state index contributed by atoms with van der Waals surface area (Å²) in [5.41, 5.74) is 3.87. The Kier molecular flexibility index (Phi) is 2.30. The van der Waals surface area contributed by atoms with E-state index in [2.05, 4.69) is 35.6 Å². The molecule has 0 aliphatic heterocycles. The van der Waals surface area contributed by atoms with Crippen molar-refractivity contribution in [3.8, 4) is 0 Å². The summed E-state index contributed by atoms with van der Waals surface area (Å²) in [7, 11) is 0. The van der Waals surface area contributed by atoms with Gasteiger partial charge in [-0.2, -0.15) is 0 Å². The first-order valence-electron chi connectivity index (χ1n) is 8.15. The molecule has 2 fully saturated rings. The molecule has 2 aromatic carbocycles. The minimum Gasteiger partial charge on any atom is -0.325 e. The number of carbonyl (C=O) groups excluding carboxylic acids is 1. The molecule has 1 N–H and O–H groups in total. The largest absolute Gasteiger partial charge is 0.325 e. The Hall–Kier alpha value is -1.83. The molecular formula is C19H19NO. The molecule has 0 bridgehead atoms. The summed E-state index contributed by atoms with van der Waals surface area (Å²) < 4.78 is 0. The Morgan fingerprint density at radius 3 is 2.67 bits per heavy atom. The van der Waals surface area contributed by atoms with Crippen molar-refractivity contribution in [3.63, 3.8) is 0 Å². The normalized spacial score (nSPS) is 26.1. The molecule has 0 radical (unpaired) electrons. The predicted molar refractivity (Wildman–Crippen MR) is 84.3 cm³/mol. The lowest BCUT2D eigenvalue weighted by molar-refractivity contribution is -0.117. The molecule has 3 aliphatic carbocycles. The van der Waals surface area contributed by atoms with Crippen molar-refractivity contribution in [1.29, 1.82) is 0 Å². The smallest absolute Gasteiger partial charge is 0.227 e. The van der Waals surface area contributed by atoms with Gasteiger partial charge in [-0.15, -0.1) is 0 Å². The lowest BCUT2D eigenvalue weighted by atomic mass is 10.0. The fraction of sp³-hybridized carbons (Fsp3) is 0.421. The predicted octanol–water partition coefficient (Wildman–Crippen LogP) is 3.92. The van der Waals surface area contributed by atoms with Gasteiger partial charge >= 0.3 is 0 Å². The van der Waals surface area contributed by atoms with E-state index in [0.717, 1.165) is 30.9 Å².